The molecule has 3 aliphatic heterocycles. The van der Waals surface area contributed by atoms with Crippen molar-refractivity contribution in [2.24, 2.45) is 0 Å². The number of carbonyl (C=O) groups is 4. The Morgan fingerprint density at radius 3 is 2.16 bits per heavy atom. The third kappa shape index (κ3) is 8.73. The van der Waals surface area contributed by atoms with Gasteiger partial charge in [0.05, 0.1) is 37.3 Å². The first kappa shape index (κ1) is 35.7. The van der Waals surface area contributed by atoms with Crippen molar-refractivity contribution in [3.8, 4) is 11.5 Å². The summed E-state index contributed by atoms with van der Waals surface area (Å²) in [5, 5.41) is 2.43. The maximum Gasteiger partial charge on any atom is 0.261 e. The fourth-order valence-electron chi connectivity index (χ4n) is 6.33. The number of fused-ring (bicyclic) bond motifs is 1. The van der Waals surface area contributed by atoms with E-state index in [2.05, 4.69) is 27.2 Å². The topological polar surface area (TPSA) is 126 Å². The summed E-state index contributed by atoms with van der Waals surface area (Å²) in [5.74, 6) is -0.0525. The van der Waals surface area contributed by atoms with Crippen molar-refractivity contribution < 1.29 is 32.9 Å². The Balaban J connectivity index is 0.00000111. The van der Waals surface area contributed by atoms with Crippen LogP contribution in [-0.2, 0) is 33.4 Å². The third-order valence-corrected chi connectivity index (χ3v) is 8.90. The summed E-state index contributed by atoms with van der Waals surface area (Å²) in [5.41, 5.74) is 4.78. The Kier molecular flexibility index (Phi) is 11.8. The van der Waals surface area contributed by atoms with Gasteiger partial charge in [0.1, 0.15) is 0 Å². The number of hydrogen-bond donors (Lipinski definition) is 1. The average Bonchev–Trinajstić information content (AvgIpc) is 3.32. The largest absolute Gasteiger partial charge is 0.493 e. The van der Waals surface area contributed by atoms with E-state index >= 15 is 0 Å². The zero-order valence-corrected chi connectivity index (χ0v) is 29.3. The molecule has 0 aliphatic carbocycles. The highest BCUT2D eigenvalue weighted by atomic mass is 32.2. The van der Waals surface area contributed by atoms with Crippen LogP contribution in [0.25, 0.3) is 0 Å². The molecule has 1 N–H and O–H groups in total. The Hall–Kier alpha value is -4.55. The van der Waals surface area contributed by atoms with E-state index in [-0.39, 0.29) is 36.1 Å². The highest BCUT2D eigenvalue weighted by Gasteiger charge is 2.36. The van der Waals surface area contributed by atoms with Crippen LogP contribution in [-0.4, -0.2) is 96.6 Å². The molecule has 1 atom stereocenters. The van der Waals surface area contributed by atoms with Gasteiger partial charge < -0.3 is 14.4 Å². The van der Waals surface area contributed by atoms with Crippen LogP contribution in [0.1, 0.15) is 63.1 Å². The summed E-state index contributed by atoms with van der Waals surface area (Å²) in [6.07, 6.45) is 5.12. The number of methoxy groups -OCH3 is 1. The summed E-state index contributed by atoms with van der Waals surface area (Å²) in [7, 11) is 0.965. The molecule has 6 rings (SSSR count). The summed E-state index contributed by atoms with van der Waals surface area (Å²) >= 11 is 0. The van der Waals surface area contributed by atoms with Crippen LogP contribution in [0.2, 0.25) is 0 Å². The molecule has 1 unspecified atom stereocenters. The van der Waals surface area contributed by atoms with Gasteiger partial charge in [-0.2, -0.15) is 0 Å². The molecule has 0 bridgehead atoms. The molecule has 49 heavy (non-hydrogen) atoms. The van der Waals surface area contributed by atoms with Crippen LogP contribution in [0.3, 0.4) is 0 Å². The van der Waals surface area contributed by atoms with Crippen LogP contribution < -0.4 is 19.7 Å². The van der Waals surface area contributed by atoms with E-state index < -0.39 is 10.8 Å². The molecule has 2 fully saturated rings. The van der Waals surface area contributed by atoms with Crippen LogP contribution >= 0.6 is 0 Å². The van der Waals surface area contributed by atoms with Crippen LogP contribution in [0.5, 0.6) is 11.5 Å². The first-order chi connectivity index (χ1) is 23.6. The first-order valence-corrected chi connectivity index (χ1v) is 18.5. The number of piperazine rings is 1. The lowest BCUT2D eigenvalue weighted by molar-refractivity contribution is -0.134. The molecule has 4 amide bonds. The highest BCUT2D eigenvalue weighted by molar-refractivity contribution is 7.83. The number of benzene rings is 3. The maximum absolute atomic E-state index is 13.4. The zero-order chi connectivity index (χ0) is 35.1. The van der Waals surface area contributed by atoms with E-state index in [4.69, 9.17) is 9.47 Å². The van der Waals surface area contributed by atoms with Crippen molar-refractivity contribution in [3.05, 3.63) is 88.5 Å². The number of imide groups is 2. The van der Waals surface area contributed by atoms with Crippen LogP contribution in [0, 0.1) is 0 Å². The number of hydrogen-bond acceptors (Lipinski definition) is 9. The fraction of sp³-hybridized carbons (Fsp3) is 0.405. The Bertz CT molecular complexity index is 1720. The van der Waals surface area contributed by atoms with Gasteiger partial charge in [0.25, 0.3) is 11.8 Å². The summed E-state index contributed by atoms with van der Waals surface area (Å²) in [6, 6.07) is 19.2. The van der Waals surface area contributed by atoms with Crippen molar-refractivity contribution in [1.82, 2.24) is 15.1 Å². The monoisotopic (exact) mass is 688 g/mol. The Morgan fingerprint density at radius 1 is 0.837 bits per heavy atom. The molecule has 3 heterocycles. The van der Waals surface area contributed by atoms with Gasteiger partial charge in [-0.3, -0.25) is 38.5 Å². The molecular weight excluding hydrogens is 644 g/mol. The number of rotatable bonds is 10. The molecule has 2 saturated heterocycles. The predicted octanol–water partition coefficient (Wildman–Crippen LogP) is 3.77. The molecule has 0 saturated carbocycles. The molecule has 3 aromatic carbocycles. The molecule has 260 valence electrons. The van der Waals surface area contributed by atoms with Gasteiger partial charge in [-0.1, -0.05) is 30.3 Å². The molecule has 11 nitrogen and oxygen atoms in total. The van der Waals surface area contributed by atoms with Crippen molar-refractivity contribution in [1.29, 1.82) is 0 Å². The normalized spacial score (nSPS) is 17.9. The molecule has 3 aromatic rings. The first-order valence-electron chi connectivity index (χ1n) is 16.5. The lowest BCUT2D eigenvalue weighted by Gasteiger charge is -2.36. The van der Waals surface area contributed by atoms with Gasteiger partial charge in [-0.25, -0.2) is 0 Å². The molecular formula is C37H44N4O7S. The number of nitrogens with zero attached hydrogens (tertiary/aromatic N) is 3. The smallest absolute Gasteiger partial charge is 0.261 e. The minimum atomic E-state index is -0.611. The Morgan fingerprint density at radius 2 is 1.51 bits per heavy atom. The zero-order valence-electron chi connectivity index (χ0n) is 28.5. The average molecular weight is 689 g/mol. The molecule has 12 heteroatoms. The maximum atomic E-state index is 13.4. The van der Waals surface area contributed by atoms with Crippen LogP contribution in [0.15, 0.2) is 60.7 Å². The Labute approximate surface area is 290 Å². The van der Waals surface area contributed by atoms with E-state index in [0.717, 1.165) is 56.0 Å². The number of carbonyl (C=O) groups excluding carboxylic acids is 4. The summed E-state index contributed by atoms with van der Waals surface area (Å²) in [6.45, 7) is 6.88. The molecule has 0 radical (unpaired) electrons. The SMILES string of the molecule is CCOc1cc(CN2C(=O)c3ccc(N4CCN(CCc5ccc(C6CCC(=O)NC6=O)cc5)CC4)cc3C2=O)ccc1OC.CS(C)=O. The lowest BCUT2D eigenvalue weighted by atomic mass is 9.90. The van der Waals surface area contributed by atoms with Crippen molar-refractivity contribution in [2.75, 3.05) is 63.9 Å². The minimum Gasteiger partial charge on any atom is -0.493 e. The van der Waals surface area contributed by atoms with Gasteiger partial charge in [0.2, 0.25) is 11.8 Å². The van der Waals surface area contributed by atoms with Crippen molar-refractivity contribution >= 4 is 40.1 Å². The number of ether oxygens (including phenoxy) is 2. The summed E-state index contributed by atoms with van der Waals surface area (Å²) in [4.78, 5) is 56.2. The second-order valence-corrected chi connectivity index (χ2v) is 13.9. The van der Waals surface area contributed by atoms with Gasteiger partial charge in [0.15, 0.2) is 11.5 Å². The number of amides is 4. The second kappa shape index (κ2) is 16.2. The van der Waals surface area contributed by atoms with E-state index in [1.807, 2.05) is 43.3 Å². The van der Waals surface area contributed by atoms with Gasteiger partial charge in [-0.15, -0.1) is 0 Å². The minimum absolute atomic E-state index is 0.157. The quantitative estimate of drug-likeness (QED) is 0.317. The number of anilines is 1. The predicted molar refractivity (Wildman–Crippen MR) is 189 cm³/mol. The standard InChI is InChI=1S/C35H38N4O6.C2H6OS/c1-3-45-31-20-24(6-12-30(31)44-2)22-39-34(42)28-10-9-26(21-29(28)35(39)43)38-18-16-37(17-19-38)15-14-23-4-7-25(8-5-23)27-11-13-32(40)36-33(27)41;1-4(2)3/h4-10,12,20-21,27H,3,11,13-19,22H2,1-2H3,(H,36,40,41);1-2H3. The third-order valence-electron chi connectivity index (χ3n) is 8.90. The summed E-state index contributed by atoms with van der Waals surface area (Å²) < 4.78 is 20.6. The molecule has 0 aromatic heterocycles. The van der Waals surface area contributed by atoms with E-state index in [1.54, 1.807) is 31.8 Å². The highest BCUT2D eigenvalue weighted by Crippen LogP contribution is 2.32. The van der Waals surface area contributed by atoms with Gasteiger partial charge >= 0.3 is 0 Å². The second-order valence-electron chi connectivity index (χ2n) is 12.4. The van der Waals surface area contributed by atoms with Crippen LogP contribution in [0.4, 0.5) is 5.69 Å². The molecule has 0 spiro atoms. The van der Waals surface area contributed by atoms with Gasteiger partial charge in [-0.05, 0) is 66.8 Å². The molecule has 3 aliphatic rings. The van der Waals surface area contributed by atoms with Crippen molar-refractivity contribution in [3.63, 3.8) is 0 Å². The van der Waals surface area contributed by atoms with Crippen molar-refractivity contribution in [2.45, 2.75) is 38.6 Å². The van der Waals surface area contributed by atoms with E-state index in [1.165, 1.54) is 10.5 Å². The van der Waals surface area contributed by atoms with E-state index in [9.17, 15) is 23.4 Å². The van der Waals surface area contributed by atoms with Gasteiger partial charge in [0, 0.05) is 68.1 Å². The fourth-order valence-corrected chi connectivity index (χ4v) is 6.33. The number of piperidine rings is 1. The lowest BCUT2D eigenvalue weighted by Crippen LogP contribution is -2.47. The number of nitrogens with one attached hydrogen (secondary N) is 1. The van der Waals surface area contributed by atoms with E-state index in [0.29, 0.717) is 42.1 Å².